The molecule has 1 aromatic carbocycles. The van der Waals surface area contributed by atoms with E-state index in [-0.39, 0.29) is 15.5 Å². The molecule has 106 valence electrons. The molecule has 0 amide bonds. The fourth-order valence-electron chi connectivity index (χ4n) is 1.58. The summed E-state index contributed by atoms with van der Waals surface area (Å²) in [6, 6.07) is 5.14. The summed E-state index contributed by atoms with van der Waals surface area (Å²) in [7, 11) is -4.15. The average molecular weight is 315 g/mol. The number of thiophene rings is 1. The number of aromatic carboxylic acids is 1. The van der Waals surface area contributed by atoms with Crippen molar-refractivity contribution >= 4 is 33.0 Å². The van der Waals surface area contributed by atoms with E-state index in [1.807, 2.05) is 0 Å². The third-order valence-electron chi connectivity index (χ3n) is 2.48. The Kier molecular flexibility index (Phi) is 3.78. The van der Waals surface area contributed by atoms with Gasteiger partial charge in [-0.15, -0.1) is 11.3 Å². The molecule has 0 spiro atoms. The van der Waals surface area contributed by atoms with Gasteiger partial charge in [0.05, 0.1) is 5.69 Å². The van der Waals surface area contributed by atoms with E-state index in [0.29, 0.717) is 5.56 Å². The number of aryl methyl sites for hydroxylation is 1. The van der Waals surface area contributed by atoms with Crippen LogP contribution < -0.4 is 4.72 Å². The van der Waals surface area contributed by atoms with Crippen LogP contribution in [-0.4, -0.2) is 19.5 Å². The lowest BCUT2D eigenvalue weighted by molar-refractivity contribution is 0.0698. The first kappa shape index (κ1) is 14.5. The number of rotatable bonds is 4. The number of nitrogens with one attached hydrogen (secondary N) is 1. The highest BCUT2D eigenvalue weighted by Gasteiger charge is 2.24. The lowest BCUT2D eigenvalue weighted by Crippen LogP contribution is -2.16. The van der Waals surface area contributed by atoms with Crippen LogP contribution in [0.25, 0.3) is 0 Å². The number of benzene rings is 1. The van der Waals surface area contributed by atoms with Gasteiger partial charge in [0.1, 0.15) is 15.6 Å². The molecule has 0 saturated carbocycles. The van der Waals surface area contributed by atoms with E-state index in [1.165, 1.54) is 23.6 Å². The van der Waals surface area contributed by atoms with Gasteiger partial charge in [-0.3, -0.25) is 4.72 Å². The van der Waals surface area contributed by atoms with Gasteiger partial charge in [0, 0.05) is 0 Å². The van der Waals surface area contributed by atoms with E-state index in [9.17, 15) is 17.6 Å². The highest BCUT2D eigenvalue weighted by Crippen LogP contribution is 2.25. The minimum Gasteiger partial charge on any atom is -0.477 e. The van der Waals surface area contributed by atoms with E-state index in [0.717, 1.165) is 17.4 Å². The minimum atomic E-state index is -4.15. The zero-order valence-electron chi connectivity index (χ0n) is 10.3. The Bertz CT molecular complexity index is 768. The van der Waals surface area contributed by atoms with Crippen LogP contribution in [0.5, 0.6) is 0 Å². The molecule has 0 aliphatic carbocycles. The highest BCUT2D eigenvalue weighted by atomic mass is 32.2. The SMILES string of the molecule is Cc1ccc(F)c(NS(=O)(=O)c2ccsc2C(=O)O)c1. The molecule has 0 unspecified atom stereocenters. The second-order valence-corrected chi connectivity index (χ2v) is 6.57. The molecule has 0 atom stereocenters. The Balaban J connectivity index is 2.44. The van der Waals surface area contributed by atoms with E-state index in [1.54, 1.807) is 6.92 Å². The van der Waals surface area contributed by atoms with Crippen molar-refractivity contribution in [3.63, 3.8) is 0 Å². The smallest absolute Gasteiger partial charge is 0.347 e. The van der Waals surface area contributed by atoms with Crippen LogP contribution in [0.1, 0.15) is 15.2 Å². The summed E-state index contributed by atoms with van der Waals surface area (Å²) in [5, 5.41) is 10.3. The third-order valence-corrected chi connectivity index (χ3v) is 4.92. The van der Waals surface area contributed by atoms with Crippen LogP contribution in [-0.2, 0) is 10.0 Å². The molecule has 0 saturated heterocycles. The van der Waals surface area contributed by atoms with E-state index < -0.39 is 21.8 Å². The molecule has 2 rings (SSSR count). The number of sulfonamides is 1. The molecule has 0 fully saturated rings. The Morgan fingerprint density at radius 2 is 2.05 bits per heavy atom. The molecule has 0 bridgehead atoms. The van der Waals surface area contributed by atoms with Crippen LogP contribution in [0.2, 0.25) is 0 Å². The van der Waals surface area contributed by atoms with Crippen LogP contribution in [0, 0.1) is 12.7 Å². The minimum absolute atomic E-state index is 0.215. The summed E-state index contributed by atoms with van der Waals surface area (Å²) in [5.41, 5.74) is 0.459. The molecule has 0 radical (unpaired) electrons. The van der Waals surface area contributed by atoms with Gasteiger partial charge in [0.25, 0.3) is 10.0 Å². The lowest BCUT2D eigenvalue weighted by Gasteiger charge is -2.09. The molecule has 8 heteroatoms. The fraction of sp³-hybridized carbons (Fsp3) is 0.0833. The summed E-state index contributed by atoms with van der Waals surface area (Å²) in [6.45, 7) is 1.69. The van der Waals surface area contributed by atoms with Crippen LogP contribution in [0.3, 0.4) is 0 Å². The summed E-state index contributed by atoms with van der Waals surface area (Å²) in [4.78, 5) is 10.3. The first-order chi connectivity index (χ1) is 9.31. The molecule has 20 heavy (non-hydrogen) atoms. The zero-order valence-corrected chi connectivity index (χ0v) is 11.9. The summed E-state index contributed by atoms with van der Waals surface area (Å²) in [5.74, 6) is -2.07. The molecule has 2 N–H and O–H groups in total. The standard InChI is InChI=1S/C12H10FNO4S2/c1-7-2-3-8(13)9(6-7)14-20(17,18)10-4-5-19-11(10)12(15)16/h2-6,14H,1H3,(H,15,16). The number of hydrogen-bond donors (Lipinski definition) is 2. The molecular weight excluding hydrogens is 305 g/mol. The number of carboxylic acids is 1. The van der Waals surface area contributed by atoms with Gasteiger partial charge < -0.3 is 5.11 Å². The van der Waals surface area contributed by atoms with Gasteiger partial charge in [0.15, 0.2) is 0 Å². The molecule has 1 heterocycles. The molecule has 5 nitrogen and oxygen atoms in total. The Labute approximate surface area is 118 Å². The summed E-state index contributed by atoms with van der Waals surface area (Å²) < 4.78 is 39.9. The van der Waals surface area contributed by atoms with Crippen molar-refractivity contribution in [1.29, 1.82) is 0 Å². The second-order valence-electron chi connectivity index (χ2n) is 4.01. The van der Waals surface area contributed by atoms with Crippen molar-refractivity contribution in [2.24, 2.45) is 0 Å². The Morgan fingerprint density at radius 1 is 1.35 bits per heavy atom. The van der Waals surface area contributed by atoms with Gasteiger partial charge >= 0.3 is 5.97 Å². The van der Waals surface area contributed by atoms with Gasteiger partial charge in [-0.05, 0) is 36.1 Å². The topological polar surface area (TPSA) is 83.5 Å². The highest BCUT2D eigenvalue weighted by molar-refractivity contribution is 7.93. The number of hydrogen-bond acceptors (Lipinski definition) is 4. The average Bonchev–Trinajstić information content (AvgIpc) is 2.83. The zero-order chi connectivity index (χ0) is 14.9. The maximum atomic E-state index is 13.6. The monoisotopic (exact) mass is 315 g/mol. The van der Waals surface area contributed by atoms with Crippen molar-refractivity contribution in [3.8, 4) is 0 Å². The van der Waals surface area contributed by atoms with Crippen molar-refractivity contribution in [1.82, 2.24) is 0 Å². The van der Waals surface area contributed by atoms with E-state index in [4.69, 9.17) is 5.11 Å². The van der Waals surface area contributed by atoms with Crippen molar-refractivity contribution in [3.05, 3.63) is 45.9 Å². The number of carbonyl (C=O) groups is 1. The largest absolute Gasteiger partial charge is 0.477 e. The predicted molar refractivity (Wildman–Crippen MR) is 73.2 cm³/mol. The predicted octanol–water partition coefficient (Wildman–Crippen LogP) is 2.69. The van der Waals surface area contributed by atoms with E-state index >= 15 is 0 Å². The third kappa shape index (κ3) is 2.81. The molecule has 1 aromatic heterocycles. The first-order valence-corrected chi connectivity index (χ1v) is 7.77. The van der Waals surface area contributed by atoms with Crippen LogP contribution in [0.15, 0.2) is 34.5 Å². The van der Waals surface area contributed by atoms with Crippen molar-refractivity contribution in [2.45, 2.75) is 11.8 Å². The first-order valence-electron chi connectivity index (χ1n) is 5.41. The molecule has 0 aliphatic heterocycles. The molecular formula is C12H10FNO4S2. The fourth-order valence-corrected chi connectivity index (χ4v) is 3.90. The normalized spacial score (nSPS) is 11.3. The summed E-state index contributed by atoms with van der Waals surface area (Å²) in [6.07, 6.45) is 0. The van der Waals surface area contributed by atoms with Crippen LogP contribution >= 0.6 is 11.3 Å². The molecule has 0 aliphatic rings. The summed E-state index contributed by atoms with van der Waals surface area (Å²) >= 11 is 0.790. The van der Waals surface area contributed by atoms with Crippen molar-refractivity contribution < 1.29 is 22.7 Å². The number of anilines is 1. The Morgan fingerprint density at radius 3 is 2.70 bits per heavy atom. The van der Waals surface area contributed by atoms with Gasteiger partial charge in [-0.25, -0.2) is 17.6 Å². The van der Waals surface area contributed by atoms with Gasteiger partial charge in [0.2, 0.25) is 0 Å². The number of carboxylic acid groups (broad SMARTS) is 1. The van der Waals surface area contributed by atoms with Crippen LogP contribution in [0.4, 0.5) is 10.1 Å². The Hall–Kier alpha value is -1.93. The van der Waals surface area contributed by atoms with Gasteiger partial charge in [-0.1, -0.05) is 6.07 Å². The maximum Gasteiger partial charge on any atom is 0.347 e. The quantitative estimate of drug-likeness (QED) is 0.908. The maximum absolute atomic E-state index is 13.6. The molecule has 2 aromatic rings. The second kappa shape index (κ2) is 5.22. The number of halogens is 1. The lowest BCUT2D eigenvalue weighted by atomic mass is 10.2. The van der Waals surface area contributed by atoms with E-state index in [2.05, 4.69) is 4.72 Å². The van der Waals surface area contributed by atoms with Crippen molar-refractivity contribution in [2.75, 3.05) is 4.72 Å². The van der Waals surface area contributed by atoms with Gasteiger partial charge in [-0.2, -0.15) is 0 Å².